The van der Waals surface area contributed by atoms with Gasteiger partial charge in [0.25, 0.3) is 7.82 Å². The minimum Gasteiger partial charge on any atom is -0.790 e. The van der Waals surface area contributed by atoms with Crippen LogP contribution in [0.3, 0.4) is 0 Å². The van der Waals surface area contributed by atoms with Crippen LogP contribution in [0.25, 0.3) is 0 Å². The van der Waals surface area contributed by atoms with Crippen molar-refractivity contribution < 1.29 is 32.6 Å². The van der Waals surface area contributed by atoms with E-state index in [4.69, 9.17) is 0 Å². The van der Waals surface area contributed by atoms with E-state index in [0.29, 0.717) is 6.42 Å². The molecule has 0 heterocycles. The average molecular weight is 924 g/mol. The summed E-state index contributed by atoms with van der Waals surface area (Å²) in [5.74, 6) is 0. The van der Waals surface area contributed by atoms with Gasteiger partial charge in [0.2, 0.25) is 0 Å². The van der Waals surface area contributed by atoms with E-state index in [1.807, 2.05) is 6.92 Å². The van der Waals surface area contributed by atoms with E-state index in [0.717, 1.165) is 115 Å². The van der Waals surface area contributed by atoms with Crippen molar-refractivity contribution in [3.05, 3.63) is 128 Å². The minimum absolute atomic E-state index is 0.392. The van der Waals surface area contributed by atoms with Crippen LogP contribution in [0, 0.1) is 0 Å². The Morgan fingerprint density at radius 1 is 0.328 bits per heavy atom. The third kappa shape index (κ3) is 40.9. The molecule has 0 aliphatic carbocycles. The molecule has 1 atom stereocenters. The van der Waals surface area contributed by atoms with E-state index >= 15 is 0 Å². The van der Waals surface area contributed by atoms with Gasteiger partial charge < -0.3 is 23.8 Å². The Morgan fingerprint density at radius 3 is 0.703 bits per heavy atom. The Kier molecular flexibility index (Phi) is 35.0. The number of rotatable bonds is 35. The molecule has 1 unspecified atom stereocenters. The van der Waals surface area contributed by atoms with Crippen LogP contribution in [0.4, 0.5) is 0 Å². The van der Waals surface area contributed by atoms with E-state index in [1.54, 1.807) is 0 Å². The van der Waals surface area contributed by atoms with Gasteiger partial charge in [0, 0.05) is 0 Å². The van der Waals surface area contributed by atoms with Crippen LogP contribution in [-0.4, -0.2) is 6.61 Å². The standard InChI is InChI=1S/C55H92O7P2/c1-45(2)23-13-24-46(3)25-14-26-47(4)27-15-28-48(5)29-16-30-49(6)31-17-32-50(7)33-18-34-51(8)35-19-36-52(9)37-20-38-53(10)39-21-40-54(11)41-22-42-55(12)43-44-61-64(59,60)62-63(56,57)58/h23,25,27,29,31,33,35,37,39,41,43H,13-22,24,26,28,30,32,34,36,38,40,42,44H2,1-12H3,(H,59,60)(H2,56,57,58)/p-3/b46-25-,47-27-,48-29-,49-31+,50-33+,51-35+,52-37+,53-39+,54-41+,55-43+. The monoisotopic (exact) mass is 924 g/mol. The van der Waals surface area contributed by atoms with Gasteiger partial charge in [-0.3, -0.25) is 8.88 Å². The summed E-state index contributed by atoms with van der Waals surface area (Å²) in [6.07, 6.45) is 46.9. The average Bonchev–Trinajstić information content (AvgIpc) is 3.16. The molecular weight excluding hydrogens is 835 g/mol. The van der Waals surface area contributed by atoms with Crippen LogP contribution in [0.2, 0.25) is 0 Å². The van der Waals surface area contributed by atoms with Gasteiger partial charge in [0.15, 0.2) is 0 Å². The molecule has 0 saturated carbocycles. The number of phosphoric ester groups is 1. The molecule has 64 heavy (non-hydrogen) atoms. The van der Waals surface area contributed by atoms with E-state index < -0.39 is 22.3 Å². The van der Waals surface area contributed by atoms with E-state index in [-0.39, 0.29) is 0 Å². The van der Waals surface area contributed by atoms with E-state index in [9.17, 15) is 23.8 Å². The van der Waals surface area contributed by atoms with E-state index in [1.165, 1.54) is 74.6 Å². The summed E-state index contributed by atoms with van der Waals surface area (Å²) in [6, 6.07) is 0. The maximum absolute atomic E-state index is 11.3. The minimum atomic E-state index is -5.67. The van der Waals surface area contributed by atoms with Crippen molar-refractivity contribution in [2.24, 2.45) is 0 Å². The highest BCUT2D eigenvalue weighted by Gasteiger charge is 2.10. The molecule has 0 spiro atoms. The third-order valence-corrected chi connectivity index (χ3v) is 13.3. The van der Waals surface area contributed by atoms with Crippen LogP contribution in [-0.2, 0) is 18.0 Å². The zero-order chi connectivity index (χ0) is 48.4. The fourth-order valence-electron chi connectivity index (χ4n) is 6.94. The second kappa shape index (κ2) is 36.5. The first kappa shape index (κ1) is 61.4. The van der Waals surface area contributed by atoms with Crippen LogP contribution >= 0.6 is 15.6 Å². The lowest BCUT2D eigenvalue weighted by atomic mass is 10.0. The second-order valence-electron chi connectivity index (χ2n) is 18.4. The van der Waals surface area contributed by atoms with Crippen molar-refractivity contribution in [1.82, 2.24) is 0 Å². The summed E-state index contributed by atoms with van der Waals surface area (Å²) in [6.45, 7) is 26.0. The quantitative estimate of drug-likeness (QED) is 0.0458. The van der Waals surface area contributed by atoms with Crippen LogP contribution in [0.5, 0.6) is 0 Å². The zero-order valence-corrected chi connectivity index (χ0v) is 44.2. The molecule has 0 aliphatic rings. The Bertz CT molecular complexity index is 1800. The van der Waals surface area contributed by atoms with Crippen LogP contribution < -0.4 is 14.7 Å². The van der Waals surface area contributed by atoms with Crippen molar-refractivity contribution in [1.29, 1.82) is 0 Å². The molecule has 0 aromatic heterocycles. The predicted octanol–water partition coefficient (Wildman–Crippen LogP) is 16.5. The molecule has 0 fully saturated rings. The molecule has 0 N–H and O–H groups in total. The Labute approximate surface area is 393 Å². The molecule has 0 saturated heterocycles. The lowest BCUT2D eigenvalue weighted by Gasteiger charge is -2.34. The van der Waals surface area contributed by atoms with Gasteiger partial charge in [-0.1, -0.05) is 128 Å². The van der Waals surface area contributed by atoms with Gasteiger partial charge in [-0.15, -0.1) is 0 Å². The smallest absolute Gasteiger partial charge is 0.272 e. The molecule has 364 valence electrons. The van der Waals surface area contributed by atoms with Gasteiger partial charge in [0.05, 0.1) is 14.4 Å². The molecule has 0 aliphatic heterocycles. The molecular formula is C55H89O7P2-3. The van der Waals surface area contributed by atoms with Gasteiger partial charge in [-0.05, 0) is 212 Å². The predicted molar refractivity (Wildman–Crippen MR) is 272 cm³/mol. The zero-order valence-electron chi connectivity index (χ0n) is 42.5. The number of phosphoric acid groups is 2. The van der Waals surface area contributed by atoms with Crippen molar-refractivity contribution in [3.8, 4) is 0 Å². The summed E-state index contributed by atoms with van der Waals surface area (Å²) in [5, 5.41) is 0. The maximum atomic E-state index is 11.3. The molecule has 9 heteroatoms. The van der Waals surface area contributed by atoms with Crippen molar-refractivity contribution in [2.75, 3.05) is 6.61 Å². The highest BCUT2D eigenvalue weighted by atomic mass is 31.3. The summed E-state index contributed by atoms with van der Waals surface area (Å²) in [5.41, 5.74) is 15.5. The summed E-state index contributed by atoms with van der Waals surface area (Å²) < 4.78 is 29.7. The van der Waals surface area contributed by atoms with Gasteiger partial charge in [-0.2, -0.15) is 0 Å². The summed E-state index contributed by atoms with van der Waals surface area (Å²) >= 11 is 0. The van der Waals surface area contributed by atoms with Crippen LogP contribution in [0.1, 0.15) is 212 Å². The number of hydrogen-bond acceptors (Lipinski definition) is 7. The van der Waals surface area contributed by atoms with Crippen molar-refractivity contribution in [3.63, 3.8) is 0 Å². The lowest BCUT2D eigenvalue weighted by Crippen LogP contribution is -2.19. The molecule has 7 nitrogen and oxygen atoms in total. The molecule has 0 aromatic carbocycles. The fraction of sp³-hybridized carbons (Fsp3) is 0.600. The highest BCUT2D eigenvalue weighted by Crippen LogP contribution is 2.50. The molecule has 0 radical (unpaired) electrons. The number of allylic oxidation sites excluding steroid dienone is 21. The largest absolute Gasteiger partial charge is 0.790 e. The first-order valence-corrected chi connectivity index (χ1v) is 26.9. The van der Waals surface area contributed by atoms with Gasteiger partial charge in [-0.25, -0.2) is 0 Å². The summed E-state index contributed by atoms with van der Waals surface area (Å²) in [4.78, 5) is 32.3. The first-order chi connectivity index (χ1) is 30.1. The summed E-state index contributed by atoms with van der Waals surface area (Å²) in [7, 11) is -10.9. The molecule has 0 amide bonds. The first-order valence-electron chi connectivity index (χ1n) is 24.0. The van der Waals surface area contributed by atoms with Gasteiger partial charge in [0.1, 0.15) is 0 Å². The Morgan fingerprint density at radius 2 is 0.516 bits per heavy atom. The van der Waals surface area contributed by atoms with E-state index in [2.05, 4.69) is 146 Å². The van der Waals surface area contributed by atoms with Gasteiger partial charge >= 0.3 is 0 Å². The number of hydrogen-bond donors (Lipinski definition) is 0. The second-order valence-corrected chi connectivity index (χ2v) is 21.1. The molecule has 0 aromatic rings. The highest BCUT2D eigenvalue weighted by molar-refractivity contribution is 7.58. The molecule has 0 bridgehead atoms. The Balaban J connectivity index is 4.31. The Hall–Kier alpha value is -2.60. The third-order valence-electron chi connectivity index (χ3n) is 11.2. The van der Waals surface area contributed by atoms with Crippen molar-refractivity contribution >= 4 is 15.6 Å². The fourth-order valence-corrected chi connectivity index (χ4v) is 8.37. The maximum Gasteiger partial charge on any atom is 0.272 e. The van der Waals surface area contributed by atoms with Crippen molar-refractivity contribution in [2.45, 2.75) is 212 Å². The molecule has 0 rings (SSSR count). The van der Waals surface area contributed by atoms with Crippen LogP contribution in [0.15, 0.2) is 128 Å². The SMILES string of the molecule is CC(C)=CCC/C(C)=C\CC/C(C)=C\CC/C(C)=C\CC/C(C)=C/CC/C(C)=C/CC/C(C)=C/CC/C(C)=C/CC/C(C)=C/CC/C(C)=C/CC/C(C)=C/COP(=O)([O-])OP(=O)([O-])[O-]. The lowest BCUT2D eigenvalue weighted by molar-refractivity contribution is -0.339. The topological polar surface area (TPSA) is 122 Å². The normalized spacial score (nSPS) is 15.9.